The molecular formula is C22H28N4O6S. The molecule has 0 atom stereocenters. The zero-order chi connectivity index (χ0) is 24.8. The summed E-state index contributed by atoms with van der Waals surface area (Å²) >= 11 is 0. The number of carboxylic acids is 2. The van der Waals surface area contributed by atoms with Crippen molar-refractivity contribution in [1.82, 2.24) is 9.73 Å². The maximum Gasteiger partial charge on any atom is 0.414 e. The number of carbonyl (C=O) groups is 2. The molecule has 5 N–H and O–H groups in total. The van der Waals surface area contributed by atoms with E-state index in [2.05, 4.69) is 21.8 Å². The number of aliphatic imine (C=N–C) groups is 1. The smallest absolute Gasteiger partial charge is 0.414 e. The lowest BCUT2D eigenvalue weighted by Gasteiger charge is -2.20. The van der Waals surface area contributed by atoms with Crippen molar-refractivity contribution in [3.05, 3.63) is 65.2 Å². The van der Waals surface area contributed by atoms with Crippen molar-refractivity contribution in [2.45, 2.75) is 37.6 Å². The molecule has 1 aliphatic rings. The average Bonchev–Trinajstić information content (AvgIpc) is 3.13. The summed E-state index contributed by atoms with van der Waals surface area (Å²) in [6, 6.07) is 15.2. The van der Waals surface area contributed by atoms with Crippen LogP contribution in [-0.4, -0.2) is 60.0 Å². The molecule has 0 bridgehead atoms. The molecule has 178 valence electrons. The average molecular weight is 477 g/mol. The normalized spacial score (nSPS) is 13.7. The maximum absolute atomic E-state index is 12.4. The highest BCUT2D eigenvalue weighted by Crippen LogP contribution is 2.17. The molecule has 0 radical (unpaired) electrons. The molecule has 0 aliphatic carbocycles. The van der Waals surface area contributed by atoms with Gasteiger partial charge in [-0.3, -0.25) is 10.0 Å². The van der Waals surface area contributed by atoms with Gasteiger partial charge in [-0.15, -0.1) is 0 Å². The van der Waals surface area contributed by atoms with Crippen LogP contribution in [0.3, 0.4) is 0 Å². The molecule has 2 aromatic carbocycles. The molecule has 0 saturated heterocycles. The van der Waals surface area contributed by atoms with E-state index in [0.717, 1.165) is 42.0 Å². The topological polar surface area (TPSA) is 162 Å². The third-order valence-electron chi connectivity index (χ3n) is 4.35. The fourth-order valence-electron chi connectivity index (χ4n) is 2.97. The molecule has 0 spiro atoms. The van der Waals surface area contributed by atoms with Gasteiger partial charge < -0.3 is 10.2 Å². The Morgan fingerprint density at radius 2 is 1.48 bits per heavy atom. The van der Waals surface area contributed by atoms with Crippen LogP contribution in [0.1, 0.15) is 37.5 Å². The van der Waals surface area contributed by atoms with Crippen LogP contribution in [0.5, 0.6) is 0 Å². The highest BCUT2D eigenvalue weighted by Gasteiger charge is 2.21. The number of hydrazine groups is 1. The number of hydrogen-bond acceptors (Lipinski definition) is 7. The molecule has 33 heavy (non-hydrogen) atoms. The molecule has 3 rings (SSSR count). The van der Waals surface area contributed by atoms with Crippen LogP contribution in [0, 0.1) is 0 Å². The number of nitrogens with two attached hydrogens (primary N) is 1. The second kappa shape index (κ2) is 10.6. The standard InChI is InChI=1S/C20H26N4O2S.C2H2O4/c1-20(2,3)23-27(25,26)18-10-6-16(7-11-18)14-15-4-8-17(9-5-15)19-22-12-13-24(19)21;3-1(4)2(5)6/h4-11,23H,12-14,21H2,1-3H3;(H,3,4)(H,5,6). The first kappa shape index (κ1) is 26.0. The maximum atomic E-state index is 12.4. The lowest BCUT2D eigenvalue weighted by molar-refractivity contribution is -0.159. The first-order valence-electron chi connectivity index (χ1n) is 10.0. The van der Waals surface area contributed by atoms with Crippen molar-refractivity contribution >= 4 is 27.8 Å². The summed E-state index contributed by atoms with van der Waals surface area (Å²) in [6.45, 7) is 6.94. The van der Waals surface area contributed by atoms with Gasteiger partial charge in [0.05, 0.1) is 18.0 Å². The summed E-state index contributed by atoms with van der Waals surface area (Å²) in [5.74, 6) is 3.08. The van der Waals surface area contributed by atoms with E-state index in [4.69, 9.17) is 25.6 Å². The Morgan fingerprint density at radius 1 is 1.00 bits per heavy atom. The number of benzene rings is 2. The number of carboxylic acid groups (broad SMARTS) is 2. The molecule has 1 heterocycles. The summed E-state index contributed by atoms with van der Waals surface area (Å²) in [5.41, 5.74) is 2.69. The second-order valence-corrected chi connectivity index (χ2v) is 10.1. The van der Waals surface area contributed by atoms with E-state index in [1.54, 1.807) is 17.1 Å². The van der Waals surface area contributed by atoms with Gasteiger partial charge in [-0.1, -0.05) is 36.4 Å². The monoisotopic (exact) mass is 476 g/mol. The minimum absolute atomic E-state index is 0.277. The number of nitrogens with zero attached hydrogens (tertiary/aromatic N) is 2. The van der Waals surface area contributed by atoms with E-state index in [9.17, 15) is 8.42 Å². The molecule has 2 aromatic rings. The summed E-state index contributed by atoms with van der Waals surface area (Å²) in [7, 11) is -3.51. The van der Waals surface area contributed by atoms with Crippen LogP contribution in [0.2, 0.25) is 0 Å². The number of aliphatic carboxylic acids is 2. The third-order valence-corrected chi connectivity index (χ3v) is 6.13. The molecule has 0 aromatic heterocycles. The fourth-order valence-corrected chi connectivity index (χ4v) is 4.39. The molecule has 10 nitrogen and oxygen atoms in total. The van der Waals surface area contributed by atoms with Gasteiger partial charge in [0, 0.05) is 11.1 Å². The van der Waals surface area contributed by atoms with Crippen molar-refractivity contribution in [1.29, 1.82) is 0 Å². The molecule has 0 saturated carbocycles. The highest BCUT2D eigenvalue weighted by molar-refractivity contribution is 7.89. The number of sulfonamides is 1. The van der Waals surface area contributed by atoms with Gasteiger partial charge in [0.15, 0.2) is 0 Å². The molecule has 0 unspecified atom stereocenters. The highest BCUT2D eigenvalue weighted by atomic mass is 32.2. The van der Waals surface area contributed by atoms with Gasteiger partial charge in [-0.25, -0.2) is 28.6 Å². The Labute approximate surface area is 192 Å². The van der Waals surface area contributed by atoms with Gasteiger partial charge in [-0.05, 0) is 50.5 Å². The lowest BCUT2D eigenvalue weighted by Crippen LogP contribution is -2.40. The van der Waals surface area contributed by atoms with Crippen molar-refractivity contribution in [2.24, 2.45) is 10.8 Å². The summed E-state index contributed by atoms with van der Waals surface area (Å²) in [4.78, 5) is 22.9. The first-order chi connectivity index (χ1) is 15.3. The van der Waals surface area contributed by atoms with Crippen molar-refractivity contribution in [3.8, 4) is 0 Å². The predicted octanol–water partition coefficient (Wildman–Crippen LogP) is 1.45. The molecule has 0 amide bonds. The summed E-state index contributed by atoms with van der Waals surface area (Å²) in [5, 5.41) is 16.4. The van der Waals surface area contributed by atoms with E-state index in [0.29, 0.717) is 0 Å². The summed E-state index contributed by atoms with van der Waals surface area (Å²) in [6.07, 6.45) is 0.728. The van der Waals surface area contributed by atoms with Crippen LogP contribution in [0.25, 0.3) is 0 Å². The zero-order valence-corrected chi connectivity index (χ0v) is 19.5. The second-order valence-electron chi connectivity index (χ2n) is 8.38. The molecule has 11 heteroatoms. The van der Waals surface area contributed by atoms with Crippen molar-refractivity contribution in [2.75, 3.05) is 13.1 Å². The number of nitrogens with one attached hydrogen (secondary N) is 1. The molecule has 1 aliphatic heterocycles. The van der Waals surface area contributed by atoms with Gasteiger partial charge in [0.1, 0.15) is 5.84 Å². The minimum Gasteiger partial charge on any atom is -0.473 e. The Balaban J connectivity index is 0.000000569. The van der Waals surface area contributed by atoms with Gasteiger partial charge in [-0.2, -0.15) is 0 Å². The lowest BCUT2D eigenvalue weighted by atomic mass is 10.0. The number of amidine groups is 1. The van der Waals surface area contributed by atoms with Crippen LogP contribution < -0.4 is 10.6 Å². The molecular weight excluding hydrogens is 448 g/mol. The van der Waals surface area contributed by atoms with Crippen LogP contribution in [-0.2, 0) is 26.0 Å². The number of hydrogen-bond donors (Lipinski definition) is 4. The van der Waals surface area contributed by atoms with Crippen LogP contribution in [0.15, 0.2) is 58.4 Å². The third kappa shape index (κ3) is 7.97. The Morgan fingerprint density at radius 3 is 1.88 bits per heavy atom. The summed E-state index contributed by atoms with van der Waals surface area (Å²) < 4.78 is 27.4. The largest absolute Gasteiger partial charge is 0.473 e. The van der Waals surface area contributed by atoms with Crippen molar-refractivity contribution in [3.63, 3.8) is 0 Å². The Hall–Kier alpha value is -3.28. The van der Waals surface area contributed by atoms with Gasteiger partial charge in [0.25, 0.3) is 0 Å². The van der Waals surface area contributed by atoms with Gasteiger partial charge in [0.2, 0.25) is 10.0 Å². The quantitative estimate of drug-likeness (QED) is 0.372. The number of rotatable bonds is 5. The zero-order valence-electron chi connectivity index (χ0n) is 18.6. The Bertz CT molecular complexity index is 1110. The van der Waals surface area contributed by atoms with Crippen LogP contribution in [0.4, 0.5) is 0 Å². The molecule has 0 fully saturated rings. The van der Waals surface area contributed by atoms with E-state index < -0.39 is 27.5 Å². The van der Waals surface area contributed by atoms with E-state index in [1.165, 1.54) is 0 Å². The van der Waals surface area contributed by atoms with E-state index in [-0.39, 0.29) is 4.90 Å². The first-order valence-corrected chi connectivity index (χ1v) is 11.5. The SMILES string of the molecule is CC(C)(C)NS(=O)(=O)c1ccc(Cc2ccc(C3=NCCN3N)cc2)cc1.O=C(O)C(=O)O. The van der Waals surface area contributed by atoms with E-state index >= 15 is 0 Å². The van der Waals surface area contributed by atoms with Crippen LogP contribution >= 0.6 is 0 Å². The predicted molar refractivity (Wildman–Crippen MR) is 123 cm³/mol. The fraction of sp³-hybridized carbons (Fsp3) is 0.318. The van der Waals surface area contributed by atoms with Crippen molar-refractivity contribution < 1.29 is 28.2 Å². The Kier molecular flexibility index (Phi) is 8.31. The van der Waals surface area contributed by atoms with E-state index in [1.807, 2.05) is 45.0 Å². The van der Waals surface area contributed by atoms with Gasteiger partial charge >= 0.3 is 11.9 Å². The minimum atomic E-state index is -3.51.